The van der Waals surface area contributed by atoms with Crippen molar-refractivity contribution < 1.29 is 9.90 Å². The molecule has 0 radical (unpaired) electrons. The SMILES string of the molecule is O=C(O)Cc1ncc2nncn2n1. The summed E-state index contributed by atoms with van der Waals surface area (Å²) in [5.41, 5.74) is 0.495. The first-order valence-corrected chi connectivity index (χ1v) is 3.49. The Bertz CT molecular complexity index is 451. The zero-order valence-corrected chi connectivity index (χ0v) is 6.45. The molecule has 0 aromatic carbocycles. The van der Waals surface area contributed by atoms with Crippen LogP contribution in [0.15, 0.2) is 12.5 Å². The second-order valence-electron chi connectivity index (χ2n) is 2.38. The van der Waals surface area contributed by atoms with Crippen molar-refractivity contribution in [1.82, 2.24) is 24.8 Å². The van der Waals surface area contributed by atoms with Gasteiger partial charge in [-0.3, -0.25) is 4.79 Å². The molecule has 0 unspecified atom stereocenters. The van der Waals surface area contributed by atoms with Gasteiger partial charge in [0.05, 0.1) is 6.20 Å². The van der Waals surface area contributed by atoms with E-state index in [9.17, 15) is 4.79 Å². The van der Waals surface area contributed by atoms with Crippen LogP contribution in [0, 0.1) is 0 Å². The minimum atomic E-state index is -0.965. The van der Waals surface area contributed by atoms with Crippen molar-refractivity contribution in [3.05, 3.63) is 18.3 Å². The molecule has 2 rings (SSSR count). The summed E-state index contributed by atoms with van der Waals surface area (Å²) >= 11 is 0. The predicted molar refractivity (Wildman–Crippen MR) is 39.9 cm³/mol. The average molecular weight is 179 g/mol. The summed E-state index contributed by atoms with van der Waals surface area (Å²) in [5.74, 6) is -0.729. The van der Waals surface area contributed by atoms with Crippen LogP contribution in [0.1, 0.15) is 5.82 Å². The highest BCUT2D eigenvalue weighted by Crippen LogP contribution is 1.95. The van der Waals surface area contributed by atoms with E-state index in [-0.39, 0.29) is 12.2 Å². The smallest absolute Gasteiger partial charge is 0.311 e. The molecule has 2 aromatic rings. The fourth-order valence-corrected chi connectivity index (χ4v) is 0.900. The molecule has 2 aromatic heterocycles. The number of hydrogen-bond acceptors (Lipinski definition) is 5. The van der Waals surface area contributed by atoms with Gasteiger partial charge >= 0.3 is 5.97 Å². The lowest BCUT2D eigenvalue weighted by molar-refractivity contribution is -0.136. The van der Waals surface area contributed by atoms with Crippen LogP contribution in [0.5, 0.6) is 0 Å². The molecule has 7 nitrogen and oxygen atoms in total. The molecule has 0 saturated heterocycles. The first-order valence-electron chi connectivity index (χ1n) is 3.49. The van der Waals surface area contributed by atoms with Gasteiger partial charge < -0.3 is 5.11 Å². The van der Waals surface area contributed by atoms with Gasteiger partial charge in [0, 0.05) is 0 Å². The van der Waals surface area contributed by atoms with Crippen molar-refractivity contribution in [3.63, 3.8) is 0 Å². The van der Waals surface area contributed by atoms with E-state index in [1.54, 1.807) is 0 Å². The molecule has 13 heavy (non-hydrogen) atoms. The maximum atomic E-state index is 10.3. The molecule has 66 valence electrons. The Morgan fingerprint density at radius 2 is 2.46 bits per heavy atom. The molecule has 1 N–H and O–H groups in total. The summed E-state index contributed by atoms with van der Waals surface area (Å²) in [5, 5.41) is 19.6. The number of fused-ring (bicyclic) bond motifs is 1. The zero-order valence-electron chi connectivity index (χ0n) is 6.45. The van der Waals surface area contributed by atoms with Gasteiger partial charge in [-0.25, -0.2) is 4.98 Å². The lowest BCUT2D eigenvalue weighted by Gasteiger charge is -1.94. The van der Waals surface area contributed by atoms with Gasteiger partial charge in [0.25, 0.3) is 0 Å². The van der Waals surface area contributed by atoms with Crippen LogP contribution in [-0.2, 0) is 11.2 Å². The largest absolute Gasteiger partial charge is 0.481 e. The normalized spacial score (nSPS) is 10.5. The second kappa shape index (κ2) is 2.77. The molecule has 0 aliphatic heterocycles. The highest BCUT2D eigenvalue weighted by molar-refractivity contribution is 5.68. The van der Waals surface area contributed by atoms with Crippen LogP contribution in [-0.4, -0.2) is 35.9 Å². The lowest BCUT2D eigenvalue weighted by Crippen LogP contribution is -2.07. The van der Waals surface area contributed by atoms with E-state index in [2.05, 4.69) is 20.3 Å². The third-order valence-corrected chi connectivity index (χ3v) is 1.42. The minimum absolute atomic E-state index is 0.200. The molecule has 0 aliphatic carbocycles. The minimum Gasteiger partial charge on any atom is -0.481 e. The number of carboxylic acids is 1. The summed E-state index contributed by atoms with van der Waals surface area (Å²) in [4.78, 5) is 14.1. The third-order valence-electron chi connectivity index (χ3n) is 1.42. The van der Waals surface area contributed by atoms with Crippen LogP contribution < -0.4 is 0 Å². The van der Waals surface area contributed by atoms with Gasteiger partial charge in [-0.15, -0.1) is 15.3 Å². The van der Waals surface area contributed by atoms with Crippen LogP contribution in [0.25, 0.3) is 5.65 Å². The van der Waals surface area contributed by atoms with E-state index in [1.165, 1.54) is 17.0 Å². The number of carboxylic acid groups (broad SMARTS) is 1. The van der Waals surface area contributed by atoms with Crippen LogP contribution in [0.4, 0.5) is 0 Å². The number of aromatic nitrogens is 5. The Labute approximate surface area is 72.1 Å². The Morgan fingerprint density at radius 3 is 3.23 bits per heavy atom. The van der Waals surface area contributed by atoms with Crippen molar-refractivity contribution in [1.29, 1.82) is 0 Å². The Kier molecular flexibility index (Phi) is 1.62. The standard InChI is InChI=1S/C6H5N5O2/c12-6(13)1-4-7-2-5-9-8-3-11(5)10-4/h2-3H,1H2,(H,12,13). The van der Waals surface area contributed by atoms with Crippen LogP contribution in [0.2, 0.25) is 0 Å². The van der Waals surface area contributed by atoms with Crippen molar-refractivity contribution in [2.24, 2.45) is 0 Å². The number of aliphatic carboxylic acids is 1. The zero-order chi connectivity index (χ0) is 9.26. The summed E-state index contributed by atoms with van der Waals surface area (Å²) in [7, 11) is 0. The topological polar surface area (TPSA) is 93.3 Å². The van der Waals surface area contributed by atoms with Gasteiger partial charge in [-0.2, -0.15) is 4.52 Å². The molecule has 0 amide bonds. The van der Waals surface area contributed by atoms with E-state index in [0.717, 1.165) is 0 Å². The quantitative estimate of drug-likeness (QED) is 0.645. The molecule has 0 aliphatic rings. The van der Waals surface area contributed by atoms with Gasteiger partial charge in [-0.1, -0.05) is 0 Å². The molecule has 0 fully saturated rings. The van der Waals surface area contributed by atoms with E-state index in [1.807, 2.05) is 0 Å². The van der Waals surface area contributed by atoms with Gasteiger partial charge in [0.1, 0.15) is 12.7 Å². The van der Waals surface area contributed by atoms with E-state index >= 15 is 0 Å². The molecule has 7 heteroatoms. The Balaban J connectivity index is 2.42. The fraction of sp³-hybridized carbons (Fsp3) is 0.167. The number of hydrogen-bond donors (Lipinski definition) is 1. The molecule has 2 heterocycles. The lowest BCUT2D eigenvalue weighted by atomic mass is 10.4. The molecular weight excluding hydrogens is 174 g/mol. The molecule has 0 saturated carbocycles. The average Bonchev–Trinajstić information content (AvgIpc) is 2.49. The molecular formula is C6H5N5O2. The molecule has 0 atom stereocenters. The highest BCUT2D eigenvalue weighted by Gasteiger charge is 2.04. The van der Waals surface area contributed by atoms with Crippen molar-refractivity contribution in [3.8, 4) is 0 Å². The maximum absolute atomic E-state index is 10.3. The maximum Gasteiger partial charge on any atom is 0.311 e. The number of carbonyl (C=O) groups is 1. The fourth-order valence-electron chi connectivity index (χ4n) is 0.900. The van der Waals surface area contributed by atoms with E-state index in [4.69, 9.17) is 5.11 Å². The predicted octanol–water partition coefficient (Wildman–Crippen LogP) is -0.854. The first kappa shape index (κ1) is 7.59. The Morgan fingerprint density at radius 1 is 1.62 bits per heavy atom. The first-order chi connectivity index (χ1) is 6.25. The summed E-state index contributed by atoms with van der Waals surface area (Å²) in [6.07, 6.45) is 2.62. The van der Waals surface area contributed by atoms with Crippen molar-refractivity contribution in [2.75, 3.05) is 0 Å². The van der Waals surface area contributed by atoms with E-state index in [0.29, 0.717) is 5.65 Å². The molecule has 0 bridgehead atoms. The summed E-state index contributed by atoms with van der Waals surface area (Å²) in [6, 6.07) is 0. The van der Waals surface area contributed by atoms with Gasteiger partial charge in [0.15, 0.2) is 11.5 Å². The number of nitrogens with zero attached hydrogens (tertiary/aromatic N) is 5. The monoisotopic (exact) mass is 179 g/mol. The second-order valence-corrected chi connectivity index (χ2v) is 2.38. The van der Waals surface area contributed by atoms with Crippen LogP contribution in [0.3, 0.4) is 0 Å². The summed E-state index contributed by atoms with van der Waals surface area (Å²) in [6.45, 7) is 0. The van der Waals surface area contributed by atoms with Gasteiger partial charge in [0.2, 0.25) is 0 Å². The van der Waals surface area contributed by atoms with Crippen molar-refractivity contribution >= 4 is 11.6 Å². The van der Waals surface area contributed by atoms with Crippen LogP contribution >= 0.6 is 0 Å². The van der Waals surface area contributed by atoms with Gasteiger partial charge in [-0.05, 0) is 0 Å². The number of rotatable bonds is 2. The van der Waals surface area contributed by atoms with E-state index < -0.39 is 5.97 Å². The Hall–Kier alpha value is -2.05. The van der Waals surface area contributed by atoms with Crippen molar-refractivity contribution in [2.45, 2.75) is 6.42 Å². The molecule has 0 spiro atoms. The summed E-state index contributed by atoms with van der Waals surface area (Å²) < 4.78 is 1.38. The third kappa shape index (κ3) is 1.43. The highest BCUT2D eigenvalue weighted by atomic mass is 16.4.